The van der Waals surface area contributed by atoms with Crippen molar-refractivity contribution < 1.29 is 4.52 Å². The first kappa shape index (κ1) is 13.9. The summed E-state index contributed by atoms with van der Waals surface area (Å²) in [6.45, 7) is 10.3. The van der Waals surface area contributed by atoms with Crippen LogP contribution in [0.2, 0.25) is 0 Å². The van der Waals surface area contributed by atoms with Gasteiger partial charge in [0.25, 0.3) is 0 Å². The van der Waals surface area contributed by atoms with E-state index >= 15 is 0 Å². The van der Waals surface area contributed by atoms with Crippen LogP contribution < -0.4 is 5.32 Å². The van der Waals surface area contributed by atoms with Gasteiger partial charge in [-0.2, -0.15) is 0 Å². The lowest BCUT2D eigenvalue weighted by atomic mass is 9.98. The normalized spacial score (nSPS) is 13.1. The molecule has 0 saturated heterocycles. The van der Waals surface area contributed by atoms with Crippen LogP contribution in [0.1, 0.15) is 43.8 Å². The molecule has 104 valence electrons. The molecule has 0 amide bonds. The maximum Gasteiger partial charge on any atom is 0.156 e. The maximum absolute atomic E-state index is 5.25. The van der Waals surface area contributed by atoms with Gasteiger partial charge in [0.15, 0.2) is 5.76 Å². The van der Waals surface area contributed by atoms with E-state index in [4.69, 9.17) is 4.52 Å². The highest BCUT2D eigenvalue weighted by Gasteiger charge is 2.15. The maximum atomic E-state index is 5.25. The summed E-state index contributed by atoms with van der Waals surface area (Å²) in [6.07, 6.45) is 4.28. The van der Waals surface area contributed by atoms with Gasteiger partial charge in [0.1, 0.15) is 0 Å². The Labute approximate surface area is 114 Å². The summed E-state index contributed by atoms with van der Waals surface area (Å²) in [4.78, 5) is 0. The zero-order valence-electron chi connectivity index (χ0n) is 12.2. The van der Waals surface area contributed by atoms with Crippen molar-refractivity contribution >= 4 is 0 Å². The monoisotopic (exact) mass is 261 g/mol. The van der Waals surface area contributed by atoms with E-state index in [1.807, 2.05) is 13.0 Å². The molecule has 2 heterocycles. The second kappa shape index (κ2) is 6.06. The number of hydrogen-bond donors (Lipinski definition) is 1. The third kappa shape index (κ3) is 3.47. The minimum Gasteiger partial charge on any atom is -0.359 e. The molecule has 0 spiro atoms. The molecule has 1 unspecified atom stereocenters. The van der Waals surface area contributed by atoms with Gasteiger partial charge in [-0.05, 0) is 31.0 Å². The molecule has 0 bridgehead atoms. The van der Waals surface area contributed by atoms with Gasteiger partial charge >= 0.3 is 0 Å². The fourth-order valence-corrected chi connectivity index (χ4v) is 2.37. The second-order valence-electron chi connectivity index (χ2n) is 5.33. The second-order valence-corrected chi connectivity index (χ2v) is 5.33. The summed E-state index contributed by atoms with van der Waals surface area (Å²) in [5.41, 5.74) is 2.25. The molecule has 0 saturated carbocycles. The van der Waals surface area contributed by atoms with Gasteiger partial charge in [-0.25, -0.2) is 0 Å². The SMILES string of the molecule is CCNC(c1ccn(Cc2cc(C)no2)c1)C(C)C. The molecular weight excluding hydrogens is 238 g/mol. The van der Waals surface area contributed by atoms with E-state index in [9.17, 15) is 0 Å². The quantitative estimate of drug-likeness (QED) is 0.868. The number of rotatable bonds is 6. The fraction of sp³-hybridized carbons (Fsp3) is 0.533. The molecule has 2 aromatic rings. The average molecular weight is 261 g/mol. The molecule has 2 aromatic heterocycles. The summed E-state index contributed by atoms with van der Waals surface area (Å²) in [5, 5.41) is 7.44. The lowest BCUT2D eigenvalue weighted by Gasteiger charge is -2.20. The molecule has 2 rings (SSSR count). The highest BCUT2D eigenvalue weighted by molar-refractivity contribution is 5.17. The molecule has 19 heavy (non-hydrogen) atoms. The molecule has 4 nitrogen and oxygen atoms in total. The first-order valence-electron chi connectivity index (χ1n) is 6.91. The number of aryl methyl sites for hydroxylation is 1. The molecule has 0 aliphatic heterocycles. The number of hydrogen-bond acceptors (Lipinski definition) is 3. The average Bonchev–Trinajstić information content (AvgIpc) is 2.96. The van der Waals surface area contributed by atoms with Crippen LogP contribution in [0.3, 0.4) is 0 Å². The zero-order valence-corrected chi connectivity index (χ0v) is 12.2. The zero-order chi connectivity index (χ0) is 13.8. The van der Waals surface area contributed by atoms with Crippen LogP contribution in [-0.4, -0.2) is 16.3 Å². The largest absolute Gasteiger partial charge is 0.359 e. The van der Waals surface area contributed by atoms with Gasteiger partial charge in [-0.3, -0.25) is 0 Å². The van der Waals surface area contributed by atoms with E-state index in [1.165, 1.54) is 5.56 Å². The van der Waals surface area contributed by atoms with Gasteiger partial charge in [0, 0.05) is 24.5 Å². The van der Waals surface area contributed by atoms with E-state index in [2.05, 4.69) is 54.3 Å². The Kier molecular flexibility index (Phi) is 4.43. The summed E-state index contributed by atoms with van der Waals surface area (Å²) in [7, 11) is 0. The van der Waals surface area contributed by atoms with Crippen molar-refractivity contribution in [3.8, 4) is 0 Å². The van der Waals surface area contributed by atoms with Crippen LogP contribution in [0.25, 0.3) is 0 Å². The molecule has 0 fully saturated rings. The fourth-order valence-electron chi connectivity index (χ4n) is 2.37. The standard InChI is InChI=1S/C15H23N3O/c1-5-16-15(11(2)3)13-6-7-18(9-13)10-14-8-12(4)17-19-14/h6-9,11,15-16H,5,10H2,1-4H3. The van der Waals surface area contributed by atoms with E-state index in [0.29, 0.717) is 12.0 Å². The highest BCUT2D eigenvalue weighted by Crippen LogP contribution is 2.22. The van der Waals surface area contributed by atoms with Crippen molar-refractivity contribution in [2.45, 2.75) is 40.3 Å². The van der Waals surface area contributed by atoms with Gasteiger partial charge in [-0.15, -0.1) is 0 Å². The van der Waals surface area contributed by atoms with Crippen LogP contribution in [-0.2, 0) is 6.54 Å². The Bertz CT molecular complexity index is 513. The van der Waals surface area contributed by atoms with Crippen LogP contribution in [0.4, 0.5) is 0 Å². The van der Waals surface area contributed by atoms with E-state index < -0.39 is 0 Å². The topological polar surface area (TPSA) is 43.0 Å². The Morgan fingerprint density at radius 3 is 2.79 bits per heavy atom. The summed E-state index contributed by atoms with van der Waals surface area (Å²) >= 11 is 0. The van der Waals surface area contributed by atoms with Gasteiger partial charge in [0.2, 0.25) is 0 Å². The van der Waals surface area contributed by atoms with Crippen LogP contribution >= 0.6 is 0 Å². The van der Waals surface area contributed by atoms with Crippen LogP contribution in [0.5, 0.6) is 0 Å². The minimum absolute atomic E-state index is 0.405. The first-order valence-corrected chi connectivity index (χ1v) is 6.91. The Balaban J connectivity index is 2.09. The molecule has 1 N–H and O–H groups in total. The highest BCUT2D eigenvalue weighted by atomic mass is 16.5. The molecule has 4 heteroatoms. The Morgan fingerprint density at radius 2 is 2.21 bits per heavy atom. The lowest BCUT2D eigenvalue weighted by molar-refractivity contribution is 0.372. The van der Waals surface area contributed by atoms with E-state index in [1.54, 1.807) is 0 Å². The summed E-state index contributed by atoms with van der Waals surface area (Å²) in [5.74, 6) is 1.47. The van der Waals surface area contributed by atoms with Gasteiger partial charge in [-0.1, -0.05) is 25.9 Å². The molecule has 0 radical (unpaired) electrons. The third-order valence-electron chi connectivity index (χ3n) is 3.24. The van der Waals surface area contributed by atoms with Crippen LogP contribution in [0.15, 0.2) is 29.0 Å². The summed E-state index contributed by atoms with van der Waals surface area (Å²) < 4.78 is 7.39. The molecule has 0 aliphatic rings. The number of nitrogens with one attached hydrogen (secondary N) is 1. The van der Waals surface area contributed by atoms with Crippen LogP contribution in [0, 0.1) is 12.8 Å². The van der Waals surface area contributed by atoms with Gasteiger partial charge in [0.05, 0.1) is 12.2 Å². The predicted octanol–water partition coefficient (Wildman–Crippen LogP) is 3.14. The molecular formula is C15H23N3O. The summed E-state index contributed by atoms with van der Waals surface area (Å²) in [6, 6.07) is 4.56. The van der Waals surface area contributed by atoms with Crippen molar-refractivity contribution in [1.82, 2.24) is 15.0 Å². The predicted molar refractivity (Wildman–Crippen MR) is 76.0 cm³/mol. The lowest BCUT2D eigenvalue weighted by Crippen LogP contribution is -2.25. The number of aromatic nitrogens is 2. The Hall–Kier alpha value is -1.55. The van der Waals surface area contributed by atoms with Crippen molar-refractivity contribution in [1.29, 1.82) is 0 Å². The molecule has 0 aromatic carbocycles. The Morgan fingerprint density at radius 1 is 1.42 bits per heavy atom. The van der Waals surface area contributed by atoms with Gasteiger partial charge < -0.3 is 14.4 Å². The third-order valence-corrected chi connectivity index (χ3v) is 3.24. The molecule has 1 atom stereocenters. The van der Waals surface area contributed by atoms with E-state index in [0.717, 1.165) is 24.5 Å². The van der Waals surface area contributed by atoms with Crippen molar-refractivity contribution in [2.24, 2.45) is 5.92 Å². The molecule has 0 aliphatic carbocycles. The number of nitrogens with zero attached hydrogens (tertiary/aromatic N) is 2. The van der Waals surface area contributed by atoms with E-state index in [-0.39, 0.29) is 0 Å². The first-order chi connectivity index (χ1) is 9.10. The van der Waals surface area contributed by atoms with Crippen molar-refractivity contribution in [3.63, 3.8) is 0 Å². The smallest absolute Gasteiger partial charge is 0.156 e. The van der Waals surface area contributed by atoms with Crippen molar-refractivity contribution in [2.75, 3.05) is 6.54 Å². The van der Waals surface area contributed by atoms with Crippen molar-refractivity contribution in [3.05, 3.63) is 41.5 Å². The minimum atomic E-state index is 0.405.